The number of aliphatic hydroxyl groups excluding tert-OH is 3. The standard InChI is InChI=1S/C74H93N3O12/c1-73(85)40-77-54-30-48(28-50(31-54)69(82)47(37-75-2)19-16-41-17-22-56(23-18-41)87-39-62(73)80)45-20-21-46-36-64(81)89-71-58(46)33-51(70(83)66(71)44-12-5-4-6-13-44)35-63-74(86)60-15-8-7-14-57(60)65-53(38-76-3)29-49-34-61(79)59(67(65)68(49)74)26-43-11-9-10-42(24-43)25-55(78)32-52(27-45)72(84)88-63/h9-11,24,28,30-33,41,44-47,49,53,55-57,59-60,62-63,65,67-69,75-78,80,82-83,85-86H,4-8,12-15,17-18,22-23,25-27,29,34-40H2,1-3H3/b52-32-/t41?,45-,46-,47+,49-,53-,55+,56?,57+,59-,60-,62-,63-,65-,67-,68-,69-,73+,74-/m1/s1. The molecule has 89 heavy (non-hydrogen) atoms. The molecule has 15 nitrogen and oxygen atoms in total. The van der Waals surface area contributed by atoms with Crippen molar-refractivity contribution in [2.75, 3.05) is 45.7 Å². The van der Waals surface area contributed by atoms with E-state index in [0.29, 0.717) is 65.1 Å². The fourth-order valence-corrected chi connectivity index (χ4v) is 19.0. The molecule has 6 saturated carbocycles. The van der Waals surface area contributed by atoms with Crippen molar-refractivity contribution in [2.45, 2.75) is 195 Å². The summed E-state index contributed by atoms with van der Waals surface area (Å²) in [7, 11) is 3.83. The fourth-order valence-electron chi connectivity index (χ4n) is 19.0. The number of carbonyl (C=O) groups is 3. The number of rotatable bonds is 6. The number of benzene rings is 3. The van der Waals surface area contributed by atoms with Gasteiger partial charge in [0.05, 0.1) is 43.2 Å². The van der Waals surface area contributed by atoms with Crippen LogP contribution >= 0.6 is 0 Å². The second kappa shape index (κ2) is 25.8. The summed E-state index contributed by atoms with van der Waals surface area (Å²) in [4.78, 5) is 45.6. The van der Waals surface area contributed by atoms with Gasteiger partial charge in [-0.05, 0) is 198 Å². The van der Waals surface area contributed by atoms with Gasteiger partial charge in [-0.15, -0.1) is 0 Å². The van der Waals surface area contributed by atoms with Crippen LogP contribution in [0.15, 0.2) is 60.2 Å². The Balaban J connectivity index is 1.02. The molecule has 0 amide bonds. The van der Waals surface area contributed by atoms with Crippen LogP contribution < -0.4 is 20.7 Å². The molecule has 6 fully saturated rings. The number of esters is 2. The second-order valence-electron chi connectivity index (χ2n) is 28.9. The Morgan fingerprint density at radius 3 is 2.27 bits per heavy atom. The number of ketones is 1. The van der Waals surface area contributed by atoms with E-state index >= 15 is 9.59 Å². The van der Waals surface area contributed by atoms with E-state index < -0.39 is 77.1 Å². The number of nitrogens with one attached hydrogen (secondary N) is 3. The van der Waals surface area contributed by atoms with Crippen LogP contribution in [-0.2, 0) is 43.1 Å². The van der Waals surface area contributed by atoms with E-state index in [4.69, 9.17) is 14.2 Å². The van der Waals surface area contributed by atoms with Crippen LogP contribution in [0.1, 0.15) is 179 Å². The fraction of sp³-hybridized carbons (Fsp3) is 0.635. The summed E-state index contributed by atoms with van der Waals surface area (Å²) in [6.45, 7) is 2.55. The minimum absolute atomic E-state index is 0.0158. The van der Waals surface area contributed by atoms with Crippen LogP contribution in [0.4, 0.5) is 5.69 Å². The highest BCUT2D eigenvalue weighted by atomic mass is 16.6. The number of anilines is 1. The first-order chi connectivity index (χ1) is 43.0. The Labute approximate surface area is 524 Å². The molecule has 11 aliphatic rings. The molecule has 0 unspecified atom stereocenters. The number of phenols is 1. The van der Waals surface area contributed by atoms with Gasteiger partial charge in [0, 0.05) is 72.5 Å². The Bertz CT molecular complexity index is 3320. The number of aromatic hydroxyl groups is 1. The molecule has 16 bridgehead atoms. The number of hydrogen-bond acceptors (Lipinski definition) is 15. The smallest absolute Gasteiger partial charge is 0.334 e. The molecule has 5 aliphatic heterocycles. The number of carbonyl (C=O) groups excluding carboxylic acids is 3. The summed E-state index contributed by atoms with van der Waals surface area (Å²) in [6, 6.07) is 15.5. The van der Waals surface area contributed by atoms with E-state index in [1.54, 1.807) is 13.0 Å². The number of aliphatic hydroxyl groups is 5. The highest BCUT2D eigenvalue weighted by molar-refractivity contribution is 5.89. The zero-order valence-electron chi connectivity index (χ0n) is 52.2. The summed E-state index contributed by atoms with van der Waals surface area (Å²) < 4.78 is 19.8. The first-order valence-corrected chi connectivity index (χ1v) is 33.9. The lowest BCUT2D eigenvalue weighted by Gasteiger charge is -2.68. The predicted octanol–water partition coefficient (Wildman–Crippen LogP) is 8.39. The molecule has 14 rings (SSSR count). The van der Waals surface area contributed by atoms with Crippen molar-refractivity contribution in [3.63, 3.8) is 0 Å². The maximum Gasteiger partial charge on any atom is 0.334 e. The van der Waals surface area contributed by atoms with Crippen LogP contribution in [0.25, 0.3) is 0 Å². The highest BCUT2D eigenvalue weighted by Crippen LogP contribution is 2.67. The Hall–Kier alpha value is -5.59. The number of phenolic OH excluding ortho intramolecular Hbond substituents is 1. The molecule has 6 aliphatic carbocycles. The minimum atomic E-state index is -1.67. The molecular weight excluding hydrogens is 1120 g/mol. The average molecular weight is 1220 g/mol. The van der Waals surface area contributed by atoms with Crippen molar-refractivity contribution in [1.29, 1.82) is 0 Å². The summed E-state index contributed by atoms with van der Waals surface area (Å²) in [5.74, 6) is 9.96. The topological polar surface area (TPSA) is 236 Å². The molecule has 5 heterocycles. The van der Waals surface area contributed by atoms with E-state index in [9.17, 15) is 35.4 Å². The number of ether oxygens (including phenoxy) is 3. The maximum absolute atomic E-state index is 16.3. The zero-order chi connectivity index (χ0) is 61.9. The first-order valence-electron chi connectivity index (χ1n) is 33.9. The van der Waals surface area contributed by atoms with Gasteiger partial charge in [-0.3, -0.25) is 9.59 Å². The van der Waals surface area contributed by atoms with Gasteiger partial charge in [-0.25, -0.2) is 4.79 Å². The van der Waals surface area contributed by atoms with E-state index in [0.717, 1.165) is 101 Å². The summed E-state index contributed by atoms with van der Waals surface area (Å²) in [5, 5.41) is 86.8. The minimum Gasteiger partial charge on any atom is -0.507 e. The number of Topliss-reactive ketones (excluding diaryl/α,β-unsaturated/α-hetero) is 1. The van der Waals surface area contributed by atoms with Gasteiger partial charge in [-0.1, -0.05) is 86.1 Å². The monoisotopic (exact) mass is 1220 g/mol. The lowest BCUT2D eigenvalue weighted by molar-refractivity contribution is -0.274. The van der Waals surface area contributed by atoms with E-state index in [2.05, 4.69) is 51.8 Å². The van der Waals surface area contributed by atoms with Crippen LogP contribution in [0, 0.1) is 82.9 Å². The molecule has 0 radical (unpaired) electrons. The van der Waals surface area contributed by atoms with Gasteiger partial charge in [0.25, 0.3) is 0 Å². The molecular formula is C74H93N3O12. The molecule has 0 saturated heterocycles. The van der Waals surface area contributed by atoms with E-state index in [1.165, 1.54) is 0 Å². The zero-order valence-corrected chi connectivity index (χ0v) is 52.2. The molecule has 3 aromatic rings. The normalized spacial score (nSPS) is 38.7. The molecule has 0 aromatic heterocycles. The number of fused-ring (bicyclic) bond motifs is 19. The van der Waals surface area contributed by atoms with Gasteiger partial charge >= 0.3 is 11.9 Å². The Kier molecular flexibility index (Phi) is 18.1. The van der Waals surface area contributed by atoms with Crippen molar-refractivity contribution in [3.8, 4) is 35.2 Å². The van der Waals surface area contributed by atoms with Crippen LogP contribution in [-0.4, -0.2) is 124 Å². The van der Waals surface area contributed by atoms with Crippen LogP contribution in [0.3, 0.4) is 0 Å². The maximum atomic E-state index is 16.3. The van der Waals surface area contributed by atoms with Crippen molar-refractivity contribution in [2.24, 2.45) is 59.2 Å². The number of hydrogen-bond donors (Lipinski definition) is 9. The third-order valence-corrected chi connectivity index (χ3v) is 23.2. The first kappa shape index (κ1) is 62.2. The van der Waals surface area contributed by atoms with Crippen molar-refractivity contribution >= 4 is 23.4 Å². The third kappa shape index (κ3) is 12.3. The van der Waals surface area contributed by atoms with E-state index in [-0.39, 0.29) is 109 Å². The van der Waals surface area contributed by atoms with Gasteiger partial charge in [0.2, 0.25) is 0 Å². The molecule has 9 N–H and O–H groups in total. The summed E-state index contributed by atoms with van der Waals surface area (Å²) in [5.41, 5.74) is 1.83. The van der Waals surface area contributed by atoms with Crippen molar-refractivity contribution in [1.82, 2.24) is 10.6 Å². The van der Waals surface area contributed by atoms with Crippen LogP contribution in [0.2, 0.25) is 0 Å². The molecule has 476 valence electrons. The third-order valence-electron chi connectivity index (χ3n) is 23.2. The van der Waals surface area contributed by atoms with Gasteiger partial charge < -0.3 is 60.8 Å². The lowest BCUT2D eigenvalue weighted by Crippen LogP contribution is -2.73. The summed E-state index contributed by atoms with van der Waals surface area (Å²) in [6.07, 6.45) is 9.01. The highest BCUT2D eigenvalue weighted by Gasteiger charge is 2.70. The molecule has 17 atom stereocenters. The van der Waals surface area contributed by atoms with Gasteiger partial charge in [-0.2, -0.15) is 0 Å². The van der Waals surface area contributed by atoms with E-state index in [1.807, 2.05) is 50.5 Å². The van der Waals surface area contributed by atoms with Gasteiger partial charge in [0.15, 0.2) is 0 Å². The Morgan fingerprint density at radius 2 is 1.48 bits per heavy atom. The molecule has 3 aromatic carbocycles. The van der Waals surface area contributed by atoms with Crippen LogP contribution in [0.5, 0.6) is 11.5 Å². The largest absolute Gasteiger partial charge is 0.507 e. The molecule has 0 spiro atoms. The average Bonchev–Trinajstić information content (AvgIpc) is 0.790. The Morgan fingerprint density at radius 1 is 0.742 bits per heavy atom. The van der Waals surface area contributed by atoms with Gasteiger partial charge in [0.1, 0.15) is 40.7 Å². The summed E-state index contributed by atoms with van der Waals surface area (Å²) >= 11 is 0. The quantitative estimate of drug-likeness (QED) is 0.0640. The predicted molar refractivity (Wildman–Crippen MR) is 337 cm³/mol. The SMILES string of the molecule is CNC[C@H]1C[C@@H]2CC(=O)[C@H]3Cc4cccc(c4)C[C@H](O)/C=C4/C[C@H](c5cc6cc(c5)[C@H](O)[C@H](CNC)C#CC5CCC(CC5)OC[C@@H](O)[C@@](C)(O)CN6)C#C[C@@H]5CC(=O)Oc6c5cc(c(O)c6C5CCCCC5)C[C@@H](OC4=O)[C@@]4(O)[C@H]2[C@H]3[C@H]1[C@H]1CCCC[C@H]14. The lowest BCUT2D eigenvalue weighted by atomic mass is 9.38. The van der Waals surface area contributed by atoms with Crippen molar-refractivity contribution in [3.05, 3.63) is 99.1 Å². The molecule has 15 heteroatoms. The second-order valence-corrected chi connectivity index (χ2v) is 28.9. The van der Waals surface area contributed by atoms with Crippen molar-refractivity contribution < 1.29 is 59.2 Å².